The van der Waals surface area contributed by atoms with Crippen molar-refractivity contribution in [2.24, 2.45) is 0 Å². The Hall–Kier alpha value is -2.51. The van der Waals surface area contributed by atoms with Crippen LogP contribution in [0.4, 0.5) is 26.3 Å². The molecule has 0 unspecified atom stereocenters. The van der Waals surface area contributed by atoms with E-state index in [1.54, 1.807) is 0 Å². The minimum absolute atomic E-state index is 0.00776. The van der Waals surface area contributed by atoms with Crippen LogP contribution in [-0.2, 0) is 18.8 Å². The van der Waals surface area contributed by atoms with Gasteiger partial charge in [-0.25, -0.2) is 0 Å². The topological polar surface area (TPSA) is 29.1 Å². The van der Waals surface area contributed by atoms with E-state index in [9.17, 15) is 31.1 Å². The van der Waals surface area contributed by atoms with E-state index in [-0.39, 0.29) is 12.6 Å². The van der Waals surface area contributed by atoms with Gasteiger partial charge in [0.2, 0.25) is 0 Å². The number of nitrogens with one attached hydrogen (secondary N) is 1. The highest BCUT2D eigenvalue weighted by Crippen LogP contribution is 2.36. The molecule has 0 bridgehead atoms. The van der Waals surface area contributed by atoms with Gasteiger partial charge in [-0.15, -0.1) is 0 Å². The minimum Gasteiger partial charge on any atom is -0.352 e. The van der Waals surface area contributed by atoms with Gasteiger partial charge in [0.15, 0.2) is 0 Å². The largest absolute Gasteiger partial charge is 0.416 e. The molecule has 26 heavy (non-hydrogen) atoms. The van der Waals surface area contributed by atoms with Gasteiger partial charge >= 0.3 is 12.4 Å². The molecule has 2 aromatic rings. The Bertz CT molecular complexity index is 720. The Morgan fingerprint density at radius 2 is 1.38 bits per heavy atom. The first-order valence-electron chi connectivity index (χ1n) is 7.69. The molecular weight excluding hydrogens is 360 g/mol. The van der Waals surface area contributed by atoms with Crippen molar-refractivity contribution >= 4 is 5.91 Å². The molecule has 0 radical (unpaired) electrons. The van der Waals surface area contributed by atoms with Crippen LogP contribution < -0.4 is 5.32 Å². The number of hydrogen-bond acceptors (Lipinski definition) is 1. The summed E-state index contributed by atoms with van der Waals surface area (Å²) in [5, 5.41) is 2.35. The monoisotopic (exact) mass is 375 g/mol. The third-order valence-corrected chi connectivity index (χ3v) is 3.62. The number of halogens is 6. The predicted octanol–water partition coefficient (Wildman–Crippen LogP) is 5.09. The zero-order valence-electron chi connectivity index (χ0n) is 13.4. The van der Waals surface area contributed by atoms with E-state index in [1.165, 1.54) is 0 Å². The first-order chi connectivity index (χ1) is 12.1. The molecule has 0 aliphatic rings. The van der Waals surface area contributed by atoms with Crippen LogP contribution in [0.1, 0.15) is 33.5 Å². The van der Waals surface area contributed by atoms with Gasteiger partial charge in [0.25, 0.3) is 5.91 Å². The summed E-state index contributed by atoms with van der Waals surface area (Å²) >= 11 is 0. The molecular formula is C18H15F6NO. The van der Waals surface area contributed by atoms with E-state index < -0.39 is 35.0 Å². The van der Waals surface area contributed by atoms with Gasteiger partial charge in [-0.1, -0.05) is 30.3 Å². The fraction of sp³-hybridized carbons (Fsp3) is 0.278. The average molecular weight is 375 g/mol. The summed E-state index contributed by atoms with van der Waals surface area (Å²) in [4.78, 5) is 12.0. The first-order valence-corrected chi connectivity index (χ1v) is 7.69. The van der Waals surface area contributed by atoms with Crippen LogP contribution in [0.25, 0.3) is 0 Å². The van der Waals surface area contributed by atoms with Crippen molar-refractivity contribution < 1.29 is 31.1 Å². The summed E-state index contributed by atoms with van der Waals surface area (Å²) in [7, 11) is 0. The molecule has 2 nitrogen and oxygen atoms in total. The summed E-state index contributed by atoms with van der Waals surface area (Å²) in [6.45, 7) is 0.130. The van der Waals surface area contributed by atoms with Crippen molar-refractivity contribution in [2.45, 2.75) is 25.2 Å². The van der Waals surface area contributed by atoms with E-state index in [0.29, 0.717) is 25.0 Å². The maximum absolute atomic E-state index is 12.8. The summed E-state index contributed by atoms with van der Waals surface area (Å²) in [6.07, 6.45) is -8.84. The predicted molar refractivity (Wildman–Crippen MR) is 83.5 cm³/mol. The van der Waals surface area contributed by atoms with Crippen LogP contribution in [0.15, 0.2) is 48.5 Å². The highest BCUT2D eigenvalue weighted by atomic mass is 19.4. The molecule has 2 aromatic carbocycles. The molecule has 0 heterocycles. The second-order valence-electron chi connectivity index (χ2n) is 5.64. The molecule has 0 saturated heterocycles. The van der Waals surface area contributed by atoms with E-state index in [1.807, 2.05) is 30.3 Å². The standard InChI is InChI=1S/C18H15F6NO/c19-17(20,21)14-9-13(10-15(11-14)18(22,23)24)16(26)25-8-4-7-12-5-2-1-3-6-12/h1-3,5-6,9-11H,4,7-8H2,(H,25,26). The lowest BCUT2D eigenvalue weighted by atomic mass is 10.0. The number of amides is 1. The molecule has 0 aromatic heterocycles. The number of carbonyl (C=O) groups excluding carboxylic acids is 1. The Kier molecular flexibility index (Phi) is 5.94. The van der Waals surface area contributed by atoms with Crippen molar-refractivity contribution in [1.29, 1.82) is 0 Å². The van der Waals surface area contributed by atoms with Crippen molar-refractivity contribution in [3.8, 4) is 0 Å². The summed E-state index contributed by atoms with van der Waals surface area (Å²) in [5.74, 6) is -0.977. The molecule has 140 valence electrons. The summed E-state index contributed by atoms with van der Waals surface area (Å²) < 4.78 is 76.8. The smallest absolute Gasteiger partial charge is 0.352 e. The molecule has 0 saturated carbocycles. The molecule has 0 aliphatic heterocycles. The lowest BCUT2D eigenvalue weighted by Gasteiger charge is -2.14. The fourth-order valence-electron chi connectivity index (χ4n) is 2.33. The van der Waals surface area contributed by atoms with Crippen LogP contribution in [-0.4, -0.2) is 12.5 Å². The molecule has 0 atom stereocenters. The molecule has 0 fully saturated rings. The molecule has 1 N–H and O–H groups in total. The van der Waals surface area contributed by atoms with Crippen molar-refractivity contribution in [2.75, 3.05) is 6.54 Å². The van der Waals surface area contributed by atoms with Gasteiger partial charge in [0.05, 0.1) is 11.1 Å². The average Bonchev–Trinajstić information content (AvgIpc) is 2.57. The highest BCUT2D eigenvalue weighted by Gasteiger charge is 2.37. The van der Waals surface area contributed by atoms with E-state index in [4.69, 9.17) is 0 Å². The SMILES string of the molecule is O=C(NCCCc1ccccc1)c1cc(C(F)(F)F)cc(C(F)(F)F)c1. The van der Waals surface area contributed by atoms with Crippen LogP contribution in [0, 0.1) is 0 Å². The maximum atomic E-state index is 12.8. The van der Waals surface area contributed by atoms with Gasteiger partial charge in [-0.05, 0) is 36.6 Å². The van der Waals surface area contributed by atoms with Gasteiger partial charge < -0.3 is 5.32 Å². The molecule has 0 spiro atoms. The van der Waals surface area contributed by atoms with Crippen molar-refractivity contribution in [3.05, 3.63) is 70.8 Å². The molecule has 0 aliphatic carbocycles. The third-order valence-electron chi connectivity index (χ3n) is 3.62. The second-order valence-corrected chi connectivity index (χ2v) is 5.64. The Balaban J connectivity index is 2.07. The fourth-order valence-corrected chi connectivity index (χ4v) is 2.33. The highest BCUT2D eigenvalue weighted by molar-refractivity contribution is 5.94. The number of aryl methyl sites for hydroxylation is 1. The van der Waals surface area contributed by atoms with Gasteiger partial charge in [-0.2, -0.15) is 26.3 Å². The number of carbonyl (C=O) groups is 1. The number of hydrogen-bond donors (Lipinski definition) is 1. The zero-order valence-corrected chi connectivity index (χ0v) is 13.4. The molecule has 8 heteroatoms. The van der Waals surface area contributed by atoms with Crippen molar-refractivity contribution in [1.82, 2.24) is 5.32 Å². The van der Waals surface area contributed by atoms with E-state index in [0.717, 1.165) is 5.56 Å². The molecule has 1 amide bonds. The van der Waals surface area contributed by atoms with Crippen LogP contribution >= 0.6 is 0 Å². The van der Waals surface area contributed by atoms with Crippen molar-refractivity contribution in [3.63, 3.8) is 0 Å². The Morgan fingerprint density at radius 1 is 0.846 bits per heavy atom. The maximum Gasteiger partial charge on any atom is 0.416 e. The van der Waals surface area contributed by atoms with Gasteiger partial charge in [-0.3, -0.25) is 4.79 Å². The second kappa shape index (κ2) is 7.80. The van der Waals surface area contributed by atoms with Gasteiger partial charge in [0.1, 0.15) is 0 Å². The summed E-state index contributed by atoms with van der Waals surface area (Å²) in [5.41, 5.74) is -2.68. The number of rotatable bonds is 5. The van der Waals surface area contributed by atoms with Crippen LogP contribution in [0.5, 0.6) is 0 Å². The minimum atomic E-state index is -4.98. The summed E-state index contributed by atoms with van der Waals surface area (Å²) in [6, 6.07) is 10.1. The lowest BCUT2D eigenvalue weighted by Crippen LogP contribution is -2.26. The normalized spacial score (nSPS) is 12.1. The van der Waals surface area contributed by atoms with Crippen LogP contribution in [0.3, 0.4) is 0 Å². The zero-order chi connectivity index (χ0) is 19.4. The first kappa shape index (κ1) is 19.8. The van der Waals surface area contributed by atoms with E-state index in [2.05, 4.69) is 5.32 Å². The third kappa shape index (κ3) is 5.50. The Labute approximate surface area is 145 Å². The Morgan fingerprint density at radius 3 is 1.88 bits per heavy atom. The van der Waals surface area contributed by atoms with Crippen LogP contribution in [0.2, 0.25) is 0 Å². The number of benzene rings is 2. The van der Waals surface area contributed by atoms with Gasteiger partial charge in [0, 0.05) is 12.1 Å². The van der Waals surface area contributed by atoms with E-state index >= 15 is 0 Å². The quantitative estimate of drug-likeness (QED) is 0.573. The molecule has 2 rings (SSSR count). The number of alkyl halides is 6. The lowest BCUT2D eigenvalue weighted by molar-refractivity contribution is -0.143.